The number of carbonyl (C=O) groups is 2. The summed E-state index contributed by atoms with van der Waals surface area (Å²) in [6.07, 6.45) is 1.66. The molecule has 0 aromatic carbocycles. The SMILES string of the molecule is CCCCN(CC(N)=O)C(=O)C(C)C(N)=NO. The van der Waals surface area contributed by atoms with Crippen LogP contribution in [-0.2, 0) is 9.59 Å². The van der Waals surface area contributed by atoms with Crippen LogP contribution in [0.5, 0.6) is 0 Å². The van der Waals surface area contributed by atoms with Crippen molar-refractivity contribution in [3.63, 3.8) is 0 Å². The van der Waals surface area contributed by atoms with Gasteiger partial charge in [-0.05, 0) is 13.3 Å². The first kappa shape index (κ1) is 15.2. The van der Waals surface area contributed by atoms with Gasteiger partial charge in [0, 0.05) is 6.54 Å². The second kappa shape index (κ2) is 7.48. The fraction of sp³-hybridized carbons (Fsp3) is 0.700. The fourth-order valence-corrected chi connectivity index (χ4v) is 1.29. The predicted molar refractivity (Wildman–Crippen MR) is 63.3 cm³/mol. The summed E-state index contributed by atoms with van der Waals surface area (Å²) in [4.78, 5) is 24.1. The smallest absolute Gasteiger partial charge is 0.237 e. The molecule has 0 aliphatic heterocycles. The monoisotopic (exact) mass is 244 g/mol. The number of amides is 2. The Morgan fingerprint density at radius 1 is 1.41 bits per heavy atom. The molecule has 7 nitrogen and oxygen atoms in total. The molecule has 0 aliphatic rings. The van der Waals surface area contributed by atoms with Gasteiger partial charge < -0.3 is 21.6 Å². The van der Waals surface area contributed by atoms with Gasteiger partial charge in [-0.15, -0.1) is 0 Å². The van der Waals surface area contributed by atoms with E-state index in [4.69, 9.17) is 16.7 Å². The summed E-state index contributed by atoms with van der Waals surface area (Å²) >= 11 is 0. The van der Waals surface area contributed by atoms with Gasteiger partial charge in [0.2, 0.25) is 11.8 Å². The number of primary amides is 1. The largest absolute Gasteiger partial charge is 0.409 e. The molecule has 5 N–H and O–H groups in total. The Labute approximate surface area is 100 Å². The number of amidine groups is 1. The summed E-state index contributed by atoms with van der Waals surface area (Å²) < 4.78 is 0. The molecule has 2 amide bonds. The normalized spacial score (nSPS) is 13.2. The Morgan fingerprint density at radius 3 is 2.41 bits per heavy atom. The minimum absolute atomic E-state index is 0.151. The van der Waals surface area contributed by atoms with E-state index >= 15 is 0 Å². The number of unbranched alkanes of at least 4 members (excludes halogenated alkanes) is 1. The van der Waals surface area contributed by atoms with Crippen LogP contribution >= 0.6 is 0 Å². The van der Waals surface area contributed by atoms with Gasteiger partial charge in [0.15, 0.2) is 5.84 Å². The molecule has 0 saturated heterocycles. The highest BCUT2D eigenvalue weighted by Gasteiger charge is 2.24. The predicted octanol–water partition coefficient (Wildman–Crippen LogP) is -0.517. The first-order valence-corrected chi connectivity index (χ1v) is 5.48. The van der Waals surface area contributed by atoms with Crippen molar-refractivity contribution in [2.24, 2.45) is 22.5 Å². The number of hydrogen-bond donors (Lipinski definition) is 3. The molecule has 0 bridgehead atoms. The van der Waals surface area contributed by atoms with Gasteiger partial charge in [-0.1, -0.05) is 18.5 Å². The highest BCUT2D eigenvalue weighted by atomic mass is 16.4. The average molecular weight is 244 g/mol. The molecule has 0 aliphatic carbocycles. The zero-order valence-electron chi connectivity index (χ0n) is 10.2. The van der Waals surface area contributed by atoms with Crippen LogP contribution in [0.2, 0.25) is 0 Å². The van der Waals surface area contributed by atoms with Crippen molar-refractivity contribution in [2.75, 3.05) is 13.1 Å². The van der Waals surface area contributed by atoms with E-state index in [2.05, 4.69) is 5.16 Å². The topological polar surface area (TPSA) is 122 Å². The summed E-state index contributed by atoms with van der Waals surface area (Å²) in [5.74, 6) is -1.90. The number of nitrogens with zero attached hydrogens (tertiary/aromatic N) is 2. The zero-order chi connectivity index (χ0) is 13.4. The van der Waals surface area contributed by atoms with Crippen molar-refractivity contribution in [3.05, 3.63) is 0 Å². The Kier molecular flexibility index (Phi) is 6.69. The number of rotatable bonds is 7. The maximum atomic E-state index is 11.9. The first-order valence-electron chi connectivity index (χ1n) is 5.48. The van der Waals surface area contributed by atoms with Gasteiger partial charge >= 0.3 is 0 Å². The van der Waals surface area contributed by atoms with Gasteiger partial charge in [0.1, 0.15) is 0 Å². The van der Waals surface area contributed by atoms with Crippen molar-refractivity contribution in [1.82, 2.24) is 4.90 Å². The van der Waals surface area contributed by atoms with Gasteiger partial charge in [0.25, 0.3) is 0 Å². The van der Waals surface area contributed by atoms with Crippen molar-refractivity contribution in [2.45, 2.75) is 26.7 Å². The molecule has 0 radical (unpaired) electrons. The molecule has 17 heavy (non-hydrogen) atoms. The highest BCUT2D eigenvalue weighted by molar-refractivity contribution is 6.02. The molecule has 1 atom stereocenters. The third-order valence-electron chi connectivity index (χ3n) is 2.37. The van der Waals surface area contributed by atoms with Crippen molar-refractivity contribution in [3.8, 4) is 0 Å². The number of oxime groups is 1. The van der Waals surface area contributed by atoms with Gasteiger partial charge in [0.05, 0.1) is 12.5 Å². The maximum absolute atomic E-state index is 11.9. The summed E-state index contributed by atoms with van der Waals surface area (Å²) in [5, 5.41) is 11.3. The van der Waals surface area contributed by atoms with E-state index in [1.807, 2.05) is 6.92 Å². The van der Waals surface area contributed by atoms with Crippen LogP contribution in [0.4, 0.5) is 0 Å². The number of hydrogen-bond acceptors (Lipinski definition) is 4. The standard InChI is InChI=1S/C10H20N4O3/c1-3-4-5-14(6-8(11)15)10(16)7(2)9(12)13-17/h7,17H,3-6H2,1-2H3,(H2,11,15)(H2,12,13). The van der Waals surface area contributed by atoms with Crippen LogP contribution in [0.25, 0.3) is 0 Å². The quantitative estimate of drug-likeness (QED) is 0.241. The Hall–Kier alpha value is -1.79. The van der Waals surface area contributed by atoms with Gasteiger partial charge in [-0.3, -0.25) is 9.59 Å². The summed E-state index contributed by atoms with van der Waals surface area (Å²) in [6.45, 7) is 3.76. The second-order valence-corrected chi connectivity index (χ2v) is 3.83. The number of carbonyl (C=O) groups excluding carboxylic acids is 2. The van der Waals surface area contributed by atoms with Crippen LogP contribution in [0.15, 0.2) is 5.16 Å². The van der Waals surface area contributed by atoms with Crippen LogP contribution in [0.1, 0.15) is 26.7 Å². The average Bonchev–Trinajstić information content (AvgIpc) is 2.31. The Bertz CT molecular complexity index is 304. The van der Waals surface area contributed by atoms with Crippen LogP contribution in [-0.4, -0.2) is 40.8 Å². The second-order valence-electron chi connectivity index (χ2n) is 3.83. The van der Waals surface area contributed by atoms with Crippen molar-refractivity contribution >= 4 is 17.6 Å². The molecule has 0 saturated carbocycles. The molecule has 7 heteroatoms. The Balaban J connectivity index is 4.66. The lowest BCUT2D eigenvalue weighted by Crippen LogP contribution is -2.44. The highest BCUT2D eigenvalue weighted by Crippen LogP contribution is 2.05. The lowest BCUT2D eigenvalue weighted by atomic mass is 10.1. The molecule has 98 valence electrons. The first-order chi connectivity index (χ1) is 7.93. The van der Waals surface area contributed by atoms with Crippen LogP contribution in [0, 0.1) is 5.92 Å². The molecule has 0 fully saturated rings. The summed E-state index contributed by atoms with van der Waals surface area (Å²) in [6, 6.07) is 0. The Morgan fingerprint density at radius 2 is 2.00 bits per heavy atom. The fourth-order valence-electron chi connectivity index (χ4n) is 1.29. The van der Waals surface area contributed by atoms with E-state index in [1.54, 1.807) is 0 Å². The van der Waals surface area contributed by atoms with E-state index in [9.17, 15) is 9.59 Å². The van der Waals surface area contributed by atoms with E-state index in [0.717, 1.165) is 12.8 Å². The minimum atomic E-state index is -0.767. The number of nitrogens with two attached hydrogens (primary N) is 2. The molecule has 0 rings (SSSR count). The molecular formula is C10H20N4O3. The molecule has 0 heterocycles. The van der Waals surface area contributed by atoms with Crippen LogP contribution < -0.4 is 11.5 Å². The molecular weight excluding hydrogens is 224 g/mol. The van der Waals surface area contributed by atoms with Gasteiger partial charge in [-0.25, -0.2) is 0 Å². The zero-order valence-corrected chi connectivity index (χ0v) is 10.2. The van der Waals surface area contributed by atoms with Crippen LogP contribution in [0.3, 0.4) is 0 Å². The van der Waals surface area contributed by atoms with Gasteiger partial charge in [-0.2, -0.15) is 0 Å². The molecule has 0 spiro atoms. The molecule has 0 aromatic heterocycles. The summed E-state index contributed by atoms with van der Waals surface area (Å²) in [7, 11) is 0. The third-order valence-corrected chi connectivity index (χ3v) is 2.37. The van der Waals surface area contributed by atoms with Crippen molar-refractivity contribution in [1.29, 1.82) is 0 Å². The minimum Gasteiger partial charge on any atom is -0.409 e. The summed E-state index contributed by atoms with van der Waals surface area (Å²) in [5.41, 5.74) is 10.4. The van der Waals surface area contributed by atoms with E-state index < -0.39 is 11.8 Å². The lowest BCUT2D eigenvalue weighted by molar-refractivity contribution is -0.136. The molecule has 1 unspecified atom stereocenters. The molecule has 0 aromatic rings. The lowest BCUT2D eigenvalue weighted by Gasteiger charge is -2.23. The maximum Gasteiger partial charge on any atom is 0.237 e. The van der Waals surface area contributed by atoms with E-state index in [0.29, 0.717) is 6.54 Å². The van der Waals surface area contributed by atoms with Crippen molar-refractivity contribution < 1.29 is 14.8 Å². The van der Waals surface area contributed by atoms with E-state index in [1.165, 1.54) is 11.8 Å². The van der Waals surface area contributed by atoms with E-state index in [-0.39, 0.29) is 18.3 Å². The third kappa shape index (κ3) is 5.19.